The van der Waals surface area contributed by atoms with Gasteiger partial charge in [-0.15, -0.1) is 0 Å². The first-order valence-corrected chi connectivity index (χ1v) is 7.90. The summed E-state index contributed by atoms with van der Waals surface area (Å²) >= 11 is 0. The molecular weight excluding hydrogens is 356 g/mol. The number of aromatic amines is 1. The van der Waals surface area contributed by atoms with Crippen LogP contribution in [0.25, 0.3) is 0 Å². The third-order valence-electron chi connectivity index (χ3n) is 4.34. The third kappa shape index (κ3) is 3.58. The number of rotatable bonds is 4. The molecule has 12 nitrogen and oxygen atoms in total. The highest BCUT2D eigenvalue weighted by molar-refractivity contribution is 4.93. The fraction of sp³-hybridized carbons (Fsp3) is 0.714. The summed E-state index contributed by atoms with van der Waals surface area (Å²) in [6.07, 6.45) is -9.60. The van der Waals surface area contributed by atoms with Crippen molar-refractivity contribution in [3.8, 4) is 0 Å². The lowest BCUT2D eigenvalue weighted by Crippen LogP contribution is -2.54. The van der Waals surface area contributed by atoms with Crippen molar-refractivity contribution >= 4 is 0 Å². The van der Waals surface area contributed by atoms with E-state index in [1.54, 1.807) is 0 Å². The number of hydrogen-bond acceptors (Lipinski definition) is 10. The maximum atomic E-state index is 11.8. The monoisotopic (exact) mass is 376 g/mol. The van der Waals surface area contributed by atoms with E-state index < -0.39 is 60.4 Å². The third-order valence-corrected chi connectivity index (χ3v) is 4.34. The highest BCUT2D eigenvalue weighted by Gasteiger charge is 2.45. The molecule has 8 atom stereocenters. The first kappa shape index (κ1) is 19.1. The summed E-state index contributed by atoms with van der Waals surface area (Å²) in [5.74, 6) is 0. The van der Waals surface area contributed by atoms with E-state index >= 15 is 0 Å². The predicted octanol–water partition coefficient (Wildman–Crippen LogP) is -4.39. The highest BCUT2D eigenvalue weighted by Crippen LogP contribution is 2.29. The molecule has 0 radical (unpaired) electrons. The molecule has 2 fully saturated rings. The Bertz CT molecular complexity index is 735. The molecule has 1 aromatic rings. The van der Waals surface area contributed by atoms with Gasteiger partial charge in [0.1, 0.15) is 36.6 Å². The molecule has 0 spiro atoms. The van der Waals surface area contributed by atoms with Crippen molar-refractivity contribution in [3.05, 3.63) is 33.1 Å². The van der Waals surface area contributed by atoms with Crippen molar-refractivity contribution in [2.45, 2.75) is 49.1 Å². The Morgan fingerprint density at radius 1 is 1.12 bits per heavy atom. The fourth-order valence-corrected chi connectivity index (χ4v) is 2.84. The van der Waals surface area contributed by atoms with Crippen LogP contribution in [0, 0.1) is 0 Å². The number of aliphatic hydroxyl groups is 5. The maximum absolute atomic E-state index is 11.8. The van der Waals surface area contributed by atoms with Gasteiger partial charge in [0.05, 0.1) is 13.2 Å². The van der Waals surface area contributed by atoms with E-state index in [2.05, 4.69) is 0 Å². The second-order valence-corrected chi connectivity index (χ2v) is 6.15. The van der Waals surface area contributed by atoms with Gasteiger partial charge in [0.25, 0.3) is 5.56 Å². The zero-order chi connectivity index (χ0) is 19.0. The van der Waals surface area contributed by atoms with Gasteiger partial charge in [0, 0.05) is 12.3 Å². The number of hydrogen-bond donors (Lipinski definition) is 6. The Labute approximate surface area is 145 Å². The summed E-state index contributed by atoms with van der Waals surface area (Å²) in [5, 5.41) is 49.0. The normalized spacial score (nSPS) is 40.7. The smallest absolute Gasteiger partial charge is 0.330 e. The van der Waals surface area contributed by atoms with Crippen molar-refractivity contribution in [3.63, 3.8) is 0 Å². The van der Waals surface area contributed by atoms with E-state index in [-0.39, 0.29) is 13.2 Å². The minimum Gasteiger partial charge on any atom is -0.388 e. The number of aliphatic hydroxyl groups excluding tert-OH is 5. The average molecular weight is 376 g/mol. The Morgan fingerprint density at radius 3 is 2.54 bits per heavy atom. The SMILES string of the molecule is O=c1ccn([C@@H]2O[C@H](CO[C@@H]3OC[C@H](O)[C@@H](O)[C@H]3O)[C@H](O)[C@@H]2O)c(=O)[nH]1. The summed E-state index contributed by atoms with van der Waals surface area (Å²) in [4.78, 5) is 24.9. The van der Waals surface area contributed by atoms with Crippen molar-refractivity contribution in [1.82, 2.24) is 9.55 Å². The predicted molar refractivity (Wildman–Crippen MR) is 81.0 cm³/mol. The van der Waals surface area contributed by atoms with Crippen LogP contribution in [-0.2, 0) is 14.2 Å². The first-order valence-electron chi connectivity index (χ1n) is 7.90. The summed E-state index contributed by atoms with van der Waals surface area (Å²) in [5.41, 5.74) is -1.44. The molecule has 2 aliphatic heterocycles. The molecule has 0 amide bonds. The number of ether oxygens (including phenoxy) is 3. The van der Waals surface area contributed by atoms with Crippen molar-refractivity contribution < 1.29 is 39.7 Å². The molecule has 12 heteroatoms. The van der Waals surface area contributed by atoms with Gasteiger partial charge in [-0.1, -0.05) is 0 Å². The van der Waals surface area contributed by atoms with Crippen LogP contribution in [0.5, 0.6) is 0 Å². The van der Waals surface area contributed by atoms with E-state index in [0.29, 0.717) is 0 Å². The van der Waals surface area contributed by atoms with Crippen molar-refractivity contribution in [2.24, 2.45) is 0 Å². The van der Waals surface area contributed by atoms with Crippen LogP contribution in [0.3, 0.4) is 0 Å². The minimum atomic E-state index is -1.51. The van der Waals surface area contributed by atoms with Gasteiger partial charge >= 0.3 is 5.69 Å². The number of H-pyrrole nitrogens is 1. The molecule has 3 rings (SSSR count). The van der Waals surface area contributed by atoms with Crippen molar-refractivity contribution in [2.75, 3.05) is 13.2 Å². The van der Waals surface area contributed by atoms with Crippen LogP contribution in [0.2, 0.25) is 0 Å². The minimum absolute atomic E-state index is 0.255. The van der Waals surface area contributed by atoms with E-state index in [1.807, 2.05) is 4.98 Å². The quantitative estimate of drug-likeness (QED) is 0.300. The molecule has 0 aromatic carbocycles. The molecule has 2 saturated heterocycles. The van der Waals surface area contributed by atoms with Gasteiger partial charge in [-0.05, 0) is 0 Å². The van der Waals surface area contributed by atoms with E-state index in [4.69, 9.17) is 14.2 Å². The van der Waals surface area contributed by atoms with Crippen LogP contribution in [-0.4, -0.2) is 91.2 Å². The van der Waals surface area contributed by atoms with Crippen LogP contribution in [0.15, 0.2) is 21.9 Å². The topological polar surface area (TPSA) is 184 Å². The lowest BCUT2D eigenvalue weighted by molar-refractivity contribution is -0.277. The van der Waals surface area contributed by atoms with Gasteiger partial charge in [0.2, 0.25) is 0 Å². The molecule has 0 saturated carbocycles. The van der Waals surface area contributed by atoms with E-state index in [9.17, 15) is 35.1 Å². The second kappa shape index (κ2) is 7.54. The first-order chi connectivity index (χ1) is 12.3. The van der Waals surface area contributed by atoms with Crippen LogP contribution < -0.4 is 11.2 Å². The molecule has 0 unspecified atom stereocenters. The van der Waals surface area contributed by atoms with Gasteiger partial charge < -0.3 is 39.7 Å². The molecule has 3 heterocycles. The van der Waals surface area contributed by atoms with Gasteiger partial charge in [-0.2, -0.15) is 0 Å². The molecule has 1 aromatic heterocycles. The fourth-order valence-electron chi connectivity index (χ4n) is 2.84. The summed E-state index contributed by atoms with van der Waals surface area (Å²) < 4.78 is 16.7. The molecule has 26 heavy (non-hydrogen) atoms. The maximum Gasteiger partial charge on any atom is 0.330 e. The van der Waals surface area contributed by atoms with Gasteiger partial charge in [-0.25, -0.2) is 4.79 Å². The number of nitrogens with zero attached hydrogens (tertiary/aromatic N) is 1. The van der Waals surface area contributed by atoms with E-state index in [1.165, 1.54) is 0 Å². The van der Waals surface area contributed by atoms with Gasteiger partial charge in [0.15, 0.2) is 12.5 Å². The summed E-state index contributed by atoms with van der Waals surface area (Å²) in [6, 6.07) is 1.06. The zero-order valence-electron chi connectivity index (χ0n) is 13.4. The molecule has 0 aliphatic carbocycles. The molecule has 6 N–H and O–H groups in total. The average Bonchev–Trinajstić information content (AvgIpc) is 2.87. The number of aromatic nitrogens is 2. The Hall–Kier alpha value is -1.64. The van der Waals surface area contributed by atoms with Crippen LogP contribution in [0.1, 0.15) is 6.23 Å². The Kier molecular flexibility index (Phi) is 5.55. The molecule has 0 bridgehead atoms. The lowest BCUT2D eigenvalue weighted by Gasteiger charge is -2.35. The highest BCUT2D eigenvalue weighted by atomic mass is 16.7. The molecule has 146 valence electrons. The van der Waals surface area contributed by atoms with Gasteiger partial charge in [-0.3, -0.25) is 14.3 Å². The summed E-state index contributed by atoms with van der Waals surface area (Å²) in [6.45, 7) is -0.591. The second-order valence-electron chi connectivity index (χ2n) is 6.15. The Morgan fingerprint density at radius 2 is 1.85 bits per heavy atom. The summed E-state index contributed by atoms with van der Waals surface area (Å²) in [7, 11) is 0. The van der Waals surface area contributed by atoms with Crippen molar-refractivity contribution in [1.29, 1.82) is 0 Å². The lowest BCUT2D eigenvalue weighted by atomic mass is 10.1. The zero-order valence-corrected chi connectivity index (χ0v) is 13.4. The largest absolute Gasteiger partial charge is 0.388 e. The van der Waals surface area contributed by atoms with E-state index in [0.717, 1.165) is 16.8 Å². The van der Waals surface area contributed by atoms with Crippen LogP contribution >= 0.6 is 0 Å². The molecule has 2 aliphatic rings. The van der Waals surface area contributed by atoms with Crippen LogP contribution in [0.4, 0.5) is 0 Å². The standard InChI is InChI=1S/C14H20N2O10/c17-5-3-24-13(11(22)8(5)19)25-4-6-9(20)10(21)12(26-6)16-2-1-7(18)15-14(16)23/h1-2,5-6,8-13,17,19-22H,3-4H2,(H,15,18,23)/t5-,6+,8+,9-,10-,11+,12+,13-/m0/s1. The molecular formula is C14H20N2O10. The number of nitrogens with one attached hydrogen (secondary N) is 1. The Balaban J connectivity index is 1.65.